The Kier molecular flexibility index (Phi) is 6.75. The first-order chi connectivity index (χ1) is 21.7. The molecule has 45 heavy (non-hydrogen) atoms. The first-order valence-corrected chi connectivity index (χ1v) is 17.2. The van der Waals surface area contributed by atoms with Gasteiger partial charge < -0.3 is 25.2 Å². The molecule has 3 N–H and O–H groups in total. The van der Waals surface area contributed by atoms with Crippen LogP contribution < -0.4 is 10.6 Å². The second kappa shape index (κ2) is 10.5. The van der Waals surface area contributed by atoms with Crippen LogP contribution >= 0.6 is 11.3 Å². The molecule has 2 fully saturated rings. The van der Waals surface area contributed by atoms with Crippen LogP contribution in [-0.4, -0.2) is 73.7 Å². The lowest BCUT2D eigenvalue weighted by Crippen LogP contribution is -2.47. The molecule has 11 nitrogen and oxygen atoms in total. The fourth-order valence-electron chi connectivity index (χ4n) is 8.79. The molecule has 5 heterocycles. The number of nitriles is 1. The van der Waals surface area contributed by atoms with Crippen LogP contribution in [0.3, 0.4) is 0 Å². The molecule has 0 aromatic carbocycles. The second-order valence-electron chi connectivity index (χ2n) is 13.9. The van der Waals surface area contributed by atoms with Gasteiger partial charge >= 0.3 is 0 Å². The summed E-state index contributed by atoms with van der Waals surface area (Å²) in [6, 6.07) is 2.90. The molecule has 1 aliphatic heterocycles. The van der Waals surface area contributed by atoms with Crippen LogP contribution in [-0.2, 0) is 18.3 Å². The maximum atomic E-state index is 11.1. The second-order valence-corrected chi connectivity index (χ2v) is 15.1. The average molecular weight is 628 g/mol. The van der Waals surface area contributed by atoms with Gasteiger partial charge in [-0.1, -0.05) is 5.16 Å². The first-order valence-electron chi connectivity index (χ1n) is 16.4. The number of aromatic nitrogens is 5. The molecule has 1 saturated carbocycles. The summed E-state index contributed by atoms with van der Waals surface area (Å²) in [5.41, 5.74) is 9.38. The van der Waals surface area contributed by atoms with Crippen LogP contribution in [0, 0.1) is 11.3 Å². The van der Waals surface area contributed by atoms with Gasteiger partial charge in [-0.25, -0.2) is 14.6 Å². The molecule has 3 unspecified atom stereocenters. The first kappa shape index (κ1) is 28.9. The molecular weight excluding hydrogens is 586 g/mol. The number of thiophene rings is 1. The van der Waals surface area contributed by atoms with Crippen molar-refractivity contribution in [3.05, 3.63) is 33.5 Å². The SMILES string of the molecule is CC(C1CCCN1C)n1ncc2c(N(C)CC3(O)CCC3)nc(-c3noc4c3CCCC43CCCc4sc(N)c(C#N)c43)nc21. The van der Waals surface area contributed by atoms with E-state index in [0.717, 1.165) is 104 Å². The highest BCUT2D eigenvalue weighted by Gasteiger charge is 2.49. The molecular formula is C33H41N9O2S. The minimum atomic E-state index is -0.707. The van der Waals surface area contributed by atoms with E-state index in [4.69, 9.17) is 30.5 Å². The number of hydrogen-bond donors (Lipinski definition) is 2. The highest BCUT2D eigenvalue weighted by Crippen LogP contribution is 2.55. The third-order valence-electron chi connectivity index (χ3n) is 11.2. The molecule has 0 amide bonds. The summed E-state index contributed by atoms with van der Waals surface area (Å²) in [7, 11) is 4.18. The molecule has 0 radical (unpaired) electrons. The third-order valence-corrected chi connectivity index (χ3v) is 12.3. The monoisotopic (exact) mass is 627 g/mol. The maximum Gasteiger partial charge on any atom is 0.186 e. The molecule has 236 valence electrons. The average Bonchev–Trinajstić information content (AvgIpc) is 3.80. The highest BCUT2D eigenvalue weighted by atomic mass is 32.1. The minimum Gasteiger partial charge on any atom is -0.389 e. The maximum absolute atomic E-state index is 11.1. The molecule has 4 aromatic heterocycles. The summed E-state index contributed by atoms with van der Waals surface area (Å²) in [6.07, 6.45) is 12.3. The van der Waals surface area contributed by atoms with Crippen molar-refractivity contribution in [2.24, 2.45) is 0 Å². The van der Waals surface area contributed by atoms with Crippen molar-refractivity contribution in [3.8, 4) is 17.6 Å². The number of likely N-dealkylation sites (N-methyl/N-ethyl adjacent to an activating group) is 2. The molecule has 4 aliphatic rings. The van der Waals surface area contributed by atoms with Crippen molar-refractivity contribution < 1.29 is 9.63 Å². The summed E-state index contributed by atoms with van der Waals surface area (Å²) in [5, 5.41) is 32.3. The Hall–Kier alpha value is -3.53. The molecule has 8 rings (SSSR count). The van der Waals surface area contributed by atoms with Crippen LogP contribution in [0.4, 0.5) is 10.8 Å². The Labute approximate surface area is 267 Å². The number of anilines is 2. The zero-order valence-corrected chi connectivity index (χ0v) is 27.2. The lowest BCUT2D eigenvalue weighted by molar-refractivity contribution is -0.0247. The lowest BCUT2D eigenvalue weighted by Gasteiger charge is -2.40. The predicted molar refractivity (Wildman–Crippen MR) is 173 cm³/mol. The Bertz CT molecular complexity index is 1830. The number of nitrogens with two attached hydrogens (primary N) is 1. The summed E-state index contributed by atoms with van der Waals surface area (Å²) in [5.74, 6) is 2.10. The Morgan fingerprint density at radius 2 is 2.00 bits per heavy atom. The van der Waals surface area contributed by atoms with E-state index in [1.807, 2.05) is 13.2 Å². The quantitative estimate of drug-likeness (QED) is 0.301. The Morgan fingerprint density at radius 1 is 1.20 bits per heavy atom. The summed E-state index contributed by atoms with van der Waals surface area (Å²) in [4.78, 5) is 16.0. The van der Waals surface area contributed by atoms with Crippen molar-refractivity contribution in [1.82, 2.24) is 29.8 Å². The van der Waals surface area contributed by atoms with Crippen LogP contribution in [0.15, 0.2) is 10.7 Å². The molecule has 12 heteroatoms. The fraction of sp³-hybridized carbons (Fsp3) is 0.606. The van der Waals surface area contributed by atoms with Gasteiger partial charge in [0.2, 0.25) is 0 Å². The standard InChI is InChI=1S/C33H41N9O2S/c1-19(23-9-6-15-40(23)2)42-31-22(17-36-42)30(41(3)18-32(43)11-7-12-32)37-29(38-31)26-20-8-4-13-33(27(20)44-39-26)14-5-10-24-25(33)21(16-34)28(35)45-24/h17,19,23,43H,4-15,18,35H2,1-3H3. The smallest absolute Gasteiger partial charge is 0.186 e. The normalized spacial score (nSPS) is 24.7. The lowest BCUT2D eigenvalue weighted by atomic mass is 9.63. The van der Waals surface area contributed by atoms with Gasteiger partial charge in [0.15, 0.2) is 22.9 Å². The van der Waals surface area contributed by atoms with Gasteiger partial charge in [0, 0.05) is 30.1 Å². The summed E-state index contributed by atoms with van der Waals surface area (Å²) < 4.78 is 8.37. The van der Waals surface area contributed by atoms with Gasteiger partial charge in [0.05, 0.1) is 34.2 Å². The fourth-order valence-corrected chi connectivity index (χ4v) is 9.95. The highest BCUT2D eigenvalue weighted by molar-refractivity contribution is 7.16. The van der Waals surface area contributed by atoms with Crippen LogP contribution in [0.1, 0.15) is 98.1 Å². The van der Waals surface area contributed by atoms with Crippen molar-refractivity contribution in [1.29, 1.82) is 5.26 Å². The van der Waals surface area contributed by atoms with Crippen molar-refractivity contribution >= 4 is 33.2 Å². The number of nitrogens with zero attached hydrogens (tertiary/aromatic N) is 8. The number of aliphatic hydroxyl groups is 1. The topological polar surface area (TPSA) is 146 Å². The van der Waals surface area contributed by atoms with E-state index in [-0.39, 0.29) is 6.04 Å². The predicted octanol–water partition coefficient (Wildman–Crippen LogP) is 4.96. The van der Waals surface area contributed by atoms with Crippen LogP contribution in [0.25, 0.3) is 22.6 Å². The molecule has 4 aromatic rings. The van der Waals surface area contributed by atoms with E-state index in [0.29, 0.717) is 34.7 Å². The molecule has 1 saturated heterocycles. The van der Waals surface area contributed by atoms with Crippen molar-refractivity contribution in [2.75, 3.05) is 37.8 Å². The van der Waals surface area contributed by atoms with Gasteiger partial charge in [0.1, 0.15) is 16.9 Å². The van der Waals surface area contributed by atoms with Gasteiger partial charge in [-0.05, 0) is 96.7 Å². The van der Waals surface area contributed by atoms with E-state index < -0.39 is 11.0 Å². The molecule has 3 aliphatic carbocycles. The van der Waals surface area contributed by atoms with E-state index in [2.05, 4.69) is 34.5 Å². The van der Waals surface area contributed by atoms with Gasteiger partial charge in [0.25, 0.3) is 0 Å². The largest absolute Gasteiger partial charge is 0.389 e. The third kappa shape index (κ3) is 4.34. The van der Waals surface area contributed by atoms with Gasteiger partial charge in [-0.3, -0.25) is 0 Å². The van der Waals surface area contributed by atoms with E-state index in [9.17, 15) is 10.4 Å². The van der Waals surface area contributed by atoms with Crippen LogP contribution in [0.2, 0.25) is 0 Å². The number of likely N-dealkylation sites (tertiary alicyclic amines) is 1. The summed E-state index contributed by atoms with van der Waals surface area (Å²) >= 11 is 1.55. The Morgan fingerprint density at radius 3 is 2.71 bits per heavy atom. The minimum absolute atomic E-state index is 0.121. The van der Waals surface area contributed by atoms with Crippen LogP contribution in [0.5, 0.6) is 0 Å². The van der Waals surface area contributed by atoms with Gasteiger partial charge in [-0.2, -0.15) is 10.4 Å². The number of nitrogen functional groups attached to an aromatic ring is 1. The van der Waals surface area contributed by atoms with E-state index >= 15 is 0 Å². The molecule has 3 atom stereocenters. The number of hydrogen-bond acceptors (Lipinski definition) is 11. The zero-order chi connectivity index (χ0) is 31.1. The molecule has 1 spiro atoms. The van der Waals surface area contributed by atoms with E-state index in [1.54, 1.807) is 11.3 Å². The summed E-state index contributed by atoms with van der Waals surface area (Å²) in [6.45, 7) is 3.80. The Balaban J connectivity index is 1.28. The van der Waals surface area contributed by atoms with Gasteiger partial charge in [-0.15, -0.1) is 11.3 Å². The number of rotatable bonds is 6. The number of fused-ring (bicyclic) bond motifs is 5. The molecule has 0 bridgehead atoms. The van der Waals surface area contributed by atoms with Crippen molar-refractivity contribution in [3.63, 3.8) is 0 Å². The van der Waals surface area contributed by atoms with Crippen molar-refractivity contribution in [2.45, 2.75) is 101 Å². The number of aryl methyl sites for hydroxylation is 1. The van der Waals surface area contributed by atoms with E-state index in [1.165, 1.54) is 11.3 Å². The zero-order valence-electron chi connectivity index (χ0n) is 26.3.